The second-order valence-corrected chi connectivity index (χ2v) is 3.42. The number of carbonyl (C=O) groups excluding carboxylic acids is 1. The van der Waals surface area contributed by atoms with Crippen molar-refractivity contribution in [3.05, 3.63) is 29.3 Å². The van der Waals surface area contributed by atoms with Crippen LogP contribution in [-0.4, -0.2) is 38.3 Å². The summed E-state index contributed by atoms with van der Waals surface area (Å²) < 4.78 is 4.61. The Morgan fingerprint density at radius 2 is 1.94 bits per heavy atom. The minimum Gasteiger partial charge on any atom is -0.478 e. The van der Waals surface area contributed by atoms with Crippen LogP contribution < -0.4 is 4.90 Å². The summed E-state index contributed by atoms with van der Waals surface area (Å²) in [7, 11) is 4.74. The third-order valence-electron chi connectivity index (χ3n) is 2.13. The third kappa shape index (κ3) is 2.31. The van der Waals surface area contributed by atoms with Crippen molar-refractivity contribution in [2.24, 2.45) is 0 Å². The molecule has 0 saturated carbocycles. The lowest BCUT2D eigenvalue weighted by Gasteiger charge is -2.16. The largest absolute Gasteiger partial charge is 0.478 e. The van der Waals surface area contributed by atoms with Gasteiger partial charge in [0.05, 0.1) is 23.9 Å². The summed E-state index contributed by atoms with van der Waals surface area (Å²) in [6.07, 6.45) is 0. The number of anilines is 1. The van der Waals surface area contributed by atoms with Gasteiger partial charge in [0, 0.05) is 14.1 Å². The van der Waals surface area contributed by atoms with Crippen LogP contribution in [0.15, 0.2) is 18.2 Å². The van der Waals surface area contributed by atoms with E-state index in [0.717, 1.165) is 0 Å². The molecule has 0 heterocycles. The molecule has 0 atom stereocenters. The van der Waals surface area contributed by atoms with Gasteiger partial charge < -0.3 is 14.7 Å². The van der Waals surface area contributed by atoms with E-state index in [2.05, 4.69) is 4.74 Å². The van der Waals surface area contributed by atoms with E-state index in [1.807, 2.05) is 0 Å². The molecular weight excluding hydrogens is 210 g/mol. The first-order valence-electron chi connectivity index (χ1n) is 4.60. The molecule has 0 aliphatic rings. The Kier molecular flexibility index (Phi) is 3.50. The Bertz CT molecular complexity index is 426. The fraction of sp³-hybridized carbons (Fsp3) is 0.273. The van der Waals surface area contributed by atoms with E-state index < -0.39 is 11.9 Å². The highest BCUT2D eigenvalue weighted by molar-refractivity contribution is 5.98. The van der Waals surface area contributed by atoms with E-state index in [4.69, 9.17) is 5.11 Å². The van der Waals surface area contributed by atoms with Crippen molar-refractivity contribution in [1.29, 1.82) is 0 Å². The van der Waals surface area contributed by atoms with E-state index in [-0.39, 0.29) is 5.56 Å². The standard InChI is InChI=1S/C11H13NO4/c1-12(2)9-6-7(10(13)14)4-5-8(9)11(15)16-3/h4-6H,1-3H3,(H,13,14). The van der Waals surface area contributed by atoms with Gasteiger partial charge in [0.15, 0.2) is 0 Å². The quantitative estimate of drug-likeness (QED) is 0.781. The molecule has 1 aromatic carbocycles. The van der Waals surface area contributed by atoms with Crippen molar-refractivity contribution in [3.8, 4) is 0 Å². The number of hydrogen-bond acceptors (Lipinski definition) is 4. The molecule has 0 bridgehead atoms. The zero-order valence-electron chi connectivity index (χ0n) is 9.35. The summed E-state index contributed by atoms with van der Waals surface area (Å²) in [5, 5.41) is 8.84. The molecule has 5 nitrogen and oxygen atoms in total. The number of carbonyl (C=O) groups is 2. The van der Waals surface area contributed by atoms with Gasteiger partial charge in [0.25, 0.3) is 0 Å². The van der Waals surface area contributed by atoms with Gasteiger partial charge >= 0.3 is 11.9 Å². The molecule has 0 radical (unpaired) electrons. The van der Waals surface area contributed by atoms with Crippen LogP contribution in [0.5, 0.6) is 0 Å². The predicted molar refractivity (Wildman–Crippen MR) is 59.1 cm³/mol. The average Bonchev–Trinajstić information content (AvgIpc) is 2.26. The predicted octanol–water partition coefficient (Wildman–Crippen LogP) is 1.24. The van der Waals surface area contributed by atoms with Gasteiger partial charge in [-0.3, -0.25) is 0 Å². The second kappa shape index (κ2) is 4.65. The highest BCUT2D eigenvalue weighted by Crippen LogP contribution is 2.21. The smallest absolute Gasteiger partial charge is 0.339 e. The molecule has 16 heavy (non-hydrogen) atoms. The Balaban J connectivity index is 3.30. The topological polar surface area (TPSA) is 66.8 Å². The van der Waals surface area contributed by atoms with Crippen LogP contribution in [0, 0.1) is 0 Å². The lowest BCUT2D eigenvalue weighted by Crippen LogP contribution is -2.15. The first-order valence-corrected chi connectivity index (χ1v) is 4.60. The second-order valence-electron chi connectivity index (χ2n) is 3.42. The fourth-order valence-corrected chi connectivity index (χ4v) is 1.32. The van der Waals surface area contributed by atoms with Crippen LogP contribution in [0.2, 0.25) is 0 Å². The number of carboxylic acids is 1. The molecule has 0 aliphatic carbocycles. The minimum atomic E-state index is -1.03. The Hall–Kier alpha value is -2.04. The van der Waals surface area contributed by atoms with Gasteiger partial charge in [-0.05, 0) is 18.2 Å². The molecule has 5 heteroatoms. The molecule has 1 N–H and O–H groups in total. The van der Waals surface area contributed by atoms with Crippen molar-refractivity contribution < 1.29 is 19.4 Å². The fourth-order valence-electron chi connectivity index (χ4n) is 1.32. The van der Waals surface area contributed by atoms with E-state index in [1.54, 1.807) is 19.0 Å². The van der Waals surface area contributed by atoms with Gasteiger partial charge in [-0.2, -0.15) is 0 Å². The van der Waals surface area contributed by atoms with Crippen LogP contribution in [0.1, 0.15) is 20.7 Å². The number of benzene rings is 1. The van der Waals surface area contributed by atoms with E-state index in [1.165, 1.54) is 25.3 Å². The van der Waals surface area contributed by atoms with E-state index in [0.29, 0.717) is 11.3 Å². The van der Waals surface area contributed by atoms with Crippen LogP contribution in [0.3, 0.4) is 0 Å². The van der Waals surface area contributed by atoms with Crippen molar-refractivity contribution >= 4 is 17.6 Å². The summed E-state index contributed by atoms with van der Waals surface area (Å²) in [4.78, 5) is 23.9. The molecular formula is C11H13NO4. The Morgan fingerprint density at radius 3 is 2.38 bits per heavy atom. The van der Waals surface area contributed by atoms with Gasteiger partial charge in [0.1, 0.15) is 0 Å². The molecule has 1 aromatic rings. The van der Waals surface area contributed by atoms with Crippen LogP contribution in [0.25, 0.3) is 0 Å². The molecule has 0 fully saturated rings. The van der Waals surface area contributed by atoms with Crippen LogP contribution >= 0.6 is 0 Å². The lowest BCUT2D eigenvalue weighted by atomic mass is 10.1. The summed E-state index contributed by atoms with van der Waals surface area (Å²) in [5.41, 5.74) is 1.00. The zero-order chi connectivity index (χ0) is 12.3. The van der Waals surface area contributed by atoms with E-state index in [9.17, 15) is 9.59 Å². The Morgan fingerprint density at radius 1 is 1.31 bits per heavy atom. The molecule has 1 rings (SSSR count). The number of ether oxygens (including phenoxy) is 1. The first-order chi connectivity index (χ1) is 7.47. The highest BCUT2D eigenvalue weighted by atomic mass is 16.5. The van der Waals surface area contributed by atoms with Gasteiger partial charge in [-0.25, -0.2) is 9.59 Å². The number of aromatic carboxylic acids is 1. The summed E-state index contributed by atoms with van der Waals surface area (Å²) in [5.74, 6) is -1.51. The summed E-state index contributed by atoms with van der Waals surface area (Å²) >= 11 is 0. The average molecular weight is 223 g/mol. The number of rotatable bonds is 3. The molecule has 0 unspecified atom stereocenters. The molecule has 86 valence electrons. The number of hydrogen-bond donors (Lipinski definition) is 1. The molecule has 0 amide bonds. The third-order valence-corrected chi connectivity index (χ3v) is 2.13. The molecule has 0 aromatic heterocycles. The Labute approximate surface area is 93.2 Å². The maximum atomic E-state index is 11.4. The zero-order valence-corrected chi connectivity index (χ0v) is 9.35. The monoisotopic (exact) mass is 223 g/mol. The number of nitrogens with zero attached hydrogens (tertiary/aromatic N) is 1. The van der Waals surface area contributed by atoms with Gasteiger partial charge in [-0.1, -0.05) is 0 Å². The van der Waals surface area contributed by atoms with Crippen molar-refractivity contribution in [3.63, 3.8) is 0 Å². The van der Waals surface area contributed by atoms with Crippen molar-refractivity contribution in [1.82, 2.24) is 0 Å². The lowest BCUT2D eigenvalue weighted by molar-refractivity contribution is 0.0599. The highest BCUT2D eigenvalue weighted by Gasteiger charge is 2.15. The molecule has 0 spiro atoms. The number of methoxy groups -OCH3 is 1. The van der Waals surface area contributed by atoms with Crippen molar-refractivity contribution in [2.75, 3.05) is 26.1 Å². The normalized spacial score (nSPS) is 9.69. The molecule has 0 saturated heterocycles. The number of esters is 1. The molecule has 0 aliphatic heterocycles. The van der Waals surface area contributed by atoms with E-state index >= 15 is 0 Å². The van der Waals surface area contributed by atoms with Crippen LogP contribution in [-0.2, 0) is 4.74 Å². The summed E-state index contributed by atoms with van der Waals surface area (Å²) in [6, 6.07) is 4.26. The van der Waals surface area contributed by atoms with Gasteiger partial charge in [-0.15, -0.1) is 0 Å². The first kappa shape index (κ1) is 12.0. The summed E-state index contributed by atoms with van der Waals surface area (Å²) in [6.45, 7) is 0. The van der Waals surface area contributed by atoms with Crippen LogP contribution in [0.4, 0.5) is 5.69 Å². The van der Waals surface area contributed by atoms with Gasteiger partial charge in [0.2, 0.25) is 0 Å². The maximum absolute atomic E-state index is 11.4. The SMILES string of the molecule is COC(=O)c1ccc(C(=O)O)cc1N(C)C. The van der Waals surface area contributed by atoms with Crippen molar-refractivity contribution in [2.45, 2.75) is 0 Å². The minimum absolute atomic E-state index is 0.136. The number of carboxylic acid groups (broad SMARTS) is 1. The maximum Gasteiger partial charge on any atom is 0.339 e.